The van der Waals surface area contributed by atoms with E-state index in [0.29, 0.717) is 12.2 Å². The van der Waals surface area contributed by atoms with Crippen molar-refractivity contribution in [1.29, 1.82) is 0 Å². The minimum absolute atomic E-state index is 0.0157. The van der Waals surface area contributed by atoms with Crippen molar-refractivity contribution >= 4 is 25.5 Å². The molecule has 1 aromatic rings. The fourth-order valence-electron chi connectivity index (χ4n) is 1.44. The van der Waals surface area contributed by atoms with Gasteiger partial charge < -0.3 is 5.32 Å². The van der Waals surface area contributed by atoms with Crippen molar-refractivity contribution in [2.45, 2.75) is 18.2 Å². The minimum atomic E-state index is -3.78. The van der Waals surface area contributed by atoms with Crippen molar-refractivity contribution in [3.63, 3.8) is 0 Å². The second-order valence-corrected chi connectivity index (χ2v) is 8.32. The highest BCUT2D eigenvalue weighted by molar-refractivity contribution is 7.91. The highest BCUT2D eigenvalue weighted by Gasteiger charge is 2.18. The number of sulfonamides is 1. The van der Waals surface area contributed by atoms with Crippen molar-refractivity contribution in [2.24, 2.45) is 0 Å². The molecule has 0 radical (unpaired) electrons. The lowest BCUT2D eigenvalue weighted by Gasteiger charge is -2.12. The molecule has 0 aliphatic heterocycles. The van der Waals surface area contributed by atoms with Gasteiger partial charge >= 0.3 is 0 Å². The predicted octanol–water partition coefficient (Wildman–Crippen LogP) is 0.226. The first-order chi connectivity index (χ1) is 9.26. The van der Waals surface area contributed by atoms with Gasteiger partial charge in [-0.05, 0) is 12.5 Å². The van der Waals surface area contributed by atoms with E-state index in [4.69, 9.17) is 0 Å². The summed E-state index contributed by atoms with van der Waals surface area (Å²) in [6.07, 6.45) is 4.64. The van der Waals surface area contributed by atoms with E-state index in [1.165, 1.54) is 12.4 Å². The Morgan fingerprint density at radius 2 is 1.90 bits per heavy atom. The van der Waals surface area contributed by atoms with Crippen LogP contribution in [-0.4, -0.2) is 46.9 Å². The van der Waals surface area contributed by atoms with Gasteiger partial charge in [0, 0.05) is 31.7 Å². The third kappa shape index (κ3) is 5.43. The first kappa shape index (κ1) is 16.9. The molecule has 0 aliphatic rings. The van der Waals surface area contributed by atoms with Crippen molar-refractivity contribution < 1.29 is 16.8 Å². The number of aromatic nitrogens is 1. The minimum Gasteiger partial charge on any atom is -0.384 e. The molecule has 0 amide bonds. The smallest absolute Gasteiger partial charge is 0.244 e. The van der Waals surface area contributed by atoms with E-state index in [0.717, 1.165) is 12.7 Å². The number of anilines is 1. The Morgan fingerprint density at radius 1 is 1.20 bits per heavy atom. The molecular weight excluding hydrogens is 302 g/mol. The van der Waals surface area contributed by atoms with E-state index < -0.39 is 19.9 Å². The molecule has 7 nitrogen and oxygen atoms in total. The summed E-state index contributed by atoms with van der Waals surface area (Å²) in [5, 5.41) is 3.00. The molecule has 1 heterocycles. The molecule has 0 spiro atoms. The fourth-order valence-corrected chi connectivity index (χ4v) is 3.20. The lowest BCUT2D eigenvalue weighted by atomic mass is 10.4. The van der Waals surface area contributed by atoms with Gasteiger partial charge in [0.15, 0.2) is 0 Å². The molecule has 9 heteroatoms. The van der Waals surface area contributed by atoms with Crippen LogP contribution in [0.15, 0.2) is 23.4 Å². The van der Waals surface area contributed by atoms with Crippen LogP contribution >= 0.6 is 0 Å². The molecule has 0 saturated heterocycles. The lowest BCUT2D eigenvalue weighted by molar-refractivity contribution is 0.582. The molecule has 0 atom stereocenters. The molecule has 0 bridgehead atoms. The fraction of sp³-hybridized carbons (Fsp3) is 0.545. The lowest BCUT2D eigenvalue weighted by Crippen LogP contribution is -2.29. The third-order valence-corrected chi connectivity index (χ3v) is 4.84. The standard InChI is InChI=1S/C11H19N3O4S2/c1-3-5-13-10-4-6-12-9-11(10)20(17,18)14-7-8-19(2,15)16/h4,6,9,14H,3,5,7-8H2,1-2H3,(H,12,13). The van der Waals surface area contributed by atoms with E-state index in [1.54, 1.807) is 6.07 Å². The van der Waals surface area contributed by atoms with Gasteiger partial charge in [-0.25, -0.2) is 21.6 Å². The summed E-state index contributed by atoms with van der Waals surface area (Å²) in [6, 6.07) is 1.57. The van der Waals surface area contributed by atoms with Gasteiger partial charge in [-0.2, -0.15) is 0 Å². The van der Waals surface area contributed by atoms with Gasteiger partial charge in [0.2, 0.25) is 10.0 Å². The quantitative estimate of drug-likeness (QED) is 0.710. The molecule has 0 unspecified atom stereocenters. The van der Waals surface area contributed by atoms with Gasteiger partial charge in [-0.3, -0.25) is 4.98 Å². The summed E-state index contributed by atoms with van der Waals surface area (Å²) in [5.74, 6) is -0.246. The zero-order valence-corrected chi connectivity index (χ0v) is 13.1. The van der Waals surface area contributed by atoms with Gasteiger partial charge in [0.05, 0.1) is 11.4 Å². The van der Waals surface area contributed by atoms with Gasteiger partial charge in [0.1, 0.15) is 14.7 Å². The topological polar surface area (TPSA) is 105 Å². The number of rotatable bonds is 8. The van der Waals surface area contributed by atoms with Crippen LogP contribution in [0.1, 0.15) is 13.3 Å². The maximum Gasteiger partial charge on any atom is 0.244 e. The maximum absolute atomic E-state index is 12.1. The summed E-state index contributed by atoms with van der Waals surface area (Å²) in [5.41, 5.74) is 0.453. The van der Waals surface area contributed by atoms with Gasteiger partial charge in [0.25, 0.3) is 0 Å². The average Bonchev–Trinajstić information content (AvgIpc) is 2.34. The summed E-state index contributed by atoms with van der Waals surface area (Å²) in [7, 11) is -6.99. The third-order valence-electron chi connectivity index (χ3n) is 2.40. The van der Waals surface area contributed by atoms with Crippen molar-refractivity contribution in [2.75, 3.05) is 30.4 Å². The summed E-state index contributed by atoms with van der Waals surface area (Å²) >= 11 is 0. The van der Waals surface area contributed by atoms with Crippen LogP contribution < -0.4 is 10.0 Å². The van der Waals surface area contributed by atoms with E-state index in [2.05, 4.69) is 15.0 Å². The molecule has 0 aromatic carbocycles. The normalized spacial score (nSPS) is 12.3. The first-order valence-electron chi connectivity index (χ1n) is 6.11. The predicted molar refractivity (Wildman–Crippen MR) is 77.9 cm³/mol. The van der Waals surface area contributed by atoms with Crippen LogP contribution in [0.5, 0.6) is 0 Å². The number of hydrogen-bond donors (Lipinski definition) is 2. The Bertz CT molecular complexity index is 641. The van der Waals surface area contributed by atoms with Gasteiger partial charge in [-0.1, -0.05) is 6.92 Å². The number of sulfone groups is 1. The number of nitrogens with zero attached hydrogens (tertiary/aromatic N) is 1. The van der Waals surface area contributed by atoms with Crippen LogP contribution in [0.4, 0.5) is 5.69 Å². The van der Waals surface area contributed by atoms with Crippen molar-refractivity contribution in [3.8, 4) is 0 Å². The zero-order chi connectivity index (χ0) is 15.2. The van der Waals surface area contributed by atoms with Crippen LogP contribution in [0, 0.1) is 0 Å². The van der Waals surface area contributed by atoms with Crippen LogP contribution in [0.25, 0.3) is 0 Å². The van der Waals surface area contributed by atoms with Crippen molar-refractivity contribution in [3.05, 3.63) is 18.5 Å². The van der Waals surface area contributed by atoms with Crippen LogP contribution in [-0.2, 0) is 19.9 Å². The molecule has 0 saturated carbocycles. The van der Waals surface area contributed by atoms with E-state index in [9.17, 15) is 16.8 Å². The Balaban J connectivity index is 2.86. The van der Waals surface area contributed by atoms with Crippen LogP contribution in [0.2, 0.25) is 0 Å². The van der Waals surface area contributed by atoms with Crippen LogP contribution in [0.3, 0.4) is 0 Å². The molecule has 0 fully saturated rings. The number of hydrogen-bond acceptors (Lipinski definition) is 6. The van der Waals surface area contributed by atoms with E-state index in [1.807, 2.05) is 6.92 Å². The molecule has 114 valence electrons. The molecular formula is C11H19N3O4S2. The first-order valence-corrected chi connectivity index (χ1v) is 9.66. The van der Waals surface area contributed by atoms with E-state index >= 15 is 0 Å². The SMILES string of the molecule is CCCNc1ccncc1S(=O)(=O)NCCS(C)(=O)=O. The Hall–Kier alpha value is -1.19. The number of nitrogens with one attached hydrogen (secondary N) is 2. The molecule has 2 N–H and O–H groups in total. The highest BCUT2D eigenvalue weighted by Crippen LogP contribution is 2.19. The van der Waals surface area contributed by atoms with Gasteiger partial charge in [-0.15, -0.1) is 0 Å². The molecule has 20 heavy (non-hydrogen) atoms. The molecule has 1 rings (SSSR count). The Labute approximate surface area is 119 Å². The largest absolute Gasteiger partial charge is 0.384 e. The Morgan fingerprint density at radius 3 is 2.50 bits per heavy atom. The second kappa shape index (κ2) is 7.00. The monoisotopic (exact) mass is 321 g/mol. The second-order valence-electron chi connectivity index (χ2n) is 4.33. The summed E-state index contributed by atoms with van der Waals surface area (Å²) in [4.78, 5) is 3.81. The van der Waals surface area contributed by atoms with E-state index in [-0.39, 0.29) is 17.2 Å². The Kier molecular flexibility index (Phi) is 5.90. The maximum atomic E-state index is 12.1. The van der Waals surface area contributed by atoms with Crippen molar-refractivity contribution in [1.82, 2.24) is 9.71 Å². The molecule has 0 aliphatic carbocycles. The average molecular weight is 321 g/mol. The summed E-state index contributed by atoms with van der Waals surface area (Å²) in [6.45, 7) is 2.44. The molecule has 1 aromatic heterocycles. The summed E-state index contributed by atoms with van der Waals surface area (Å²) < 4.78 is 48.5. The highest BCUT2D eigenvalue weighted by atomic mass is 32.2. The zero-order valence-electron chi connectivity index (χ0n) is 11.5. The number of pyridine rings is 1.